The smallest absolute Gasteiger partial charge is 0.271 e. The topological polar surface area (TPSA) is 105 Å². The van der Waals surface area contributed by atoms with Crippen molar-refractivity contribution in [1.29, 1.82) is 0 Å². The molecule has 30 heavy (non-hydrogen) atoms. The molecule has 3 rings (SSSR count). The van der Waals surface area contributed by atoms with E-state index in [0.29, 0.717) is 22.4 Å². The molecule has 0 saturated heterocycles. The molecule has 154 valence electrons. The molecule has 0 atom stereocenters. The number of carbonyl (C=O) groups is 2. The number of hydrogen-bond acceptors (Lipinski definition) is 6. The first-order valence-electron chi connectivity index (χ1n) is 9.24. The average molecular weight is 406 g/mol. The number of nitrogens with one attached hydrogen (secondary N) is 2. The van der Waals surface area contributed by atoms with Gasteiger partial charge in [0, 0.05) is 62.2 Å². The fourth-order valence-electron chi connectivity index (χ4n) is 3.50. The van der Waals surface area contributed by atoms with Crippen molar-refractivity contribution in [2.24, 2.45) is 0 Å². The van der Waals surface area contributed by atoms with Gasteiger partial charge in [0.15, 0.2) is 0 Å². The molecule has 0 bridgehead atoms. The van der Waals surface area contributed by atoms with Crippen LogP contribution in [0, 0.1) is 10.1 Å². The van der Waals surface area contributed by atoms with Crippen molar-refractivity contribution in [2.45, 2.75) is 6.42 Å². The van der Waals surface area contributed by atoms with Gasteiger partial charge < -0.3 is 10.2 Å². The summed E-state index contributed by atoms with van der Waals surface area (Å²) in [7, 11) is 5.29. The third-order valence-corrected chi connectivity index (χ3v) is 4.98. The zero-order chi connectivity index (χ0) is 22.0. The lowest BCUT2D eigenvalue weighted by molar-refractivity contribution is -0.384. The van der Waals surface area contributed by atoms with Gasteiger partial charge in [-0.2, -0.15) is 0 Å². The number of nitro groups is 1. The van der Waals surface area contributed by atoms with Crippen LogP contribution in [0.2, 0.25) is 0 Å². The normalized spacial score (nSPS) is 13.3. The Kier molecular flexibility index (Phi) is 5.68. The number of imide groups is 1. The monoisotopic (exact) mass is 406 g/mol. The molecule has 2 N–H and O–H groups in total. The fourth-order valence-corrected chi connectivity index (χ4v) is 3.50. The molecule has 2 amide bonds. The SMILES string of the molecule is C=C(C1=C(Cc2ccc([N+](=O)[O-])cc2N(C)C)C(=O)NC1=O)c1ccccc1NC. The highest BCUT2D eigenvalue weighted by Crippen LogP contribution is 2.35. The summed E-state index contributed by atoms with van der Waals surface area (Å²) in [5.41, 5.74) is 3.70. The van der Waals surface area contributed by atoms with Gasteiger partial charge in [-0.25, -0.2) is 0 Å². The Morgan fingerprint density at radius 2 is 1.87 bits per heavy atom. The number of nitro benzene ring substituents is 1. The molecule has 0 radical (unpaired) electrons. The number of nitrogens with zero attached hydrogens (tertiary/aromatic N) is 2. The van der Waals surface area contributed by atoms with E-state index in [-0.39, 0.29) is 23.3 Å². The van der Waals surface area contributed by atoms with Gasteiger partial charge in [0.1, 0.15) is 0 Å². The van der Waals surface area contributed by atoms with Crippen LogP contribution in [0.15, 0.2) is 60.2 Å². The van der Waals surface area contributed by atoms with Gasteiger partial charge in [0.25, 0.3) is 17.5 Å². The van der Waals surface area contributed by atoms with E-state index in [4.69, 9.17) is 0 Å². The quantitative estimate of drug-likeness (QED) is 0.416. The highest BCUT2D eigenvalue weighted by Gasteiger charge is 2.33. The van der Waals surface area contributed by atoms with Crippen LogP contribution in [0.5, 0.6) is 0 Å². The number of anilines is 2. The molecular weight excluding hydrogens is 384 g/mol. The maximum absolute atomic E-state index is 12.6. The van der Waals surface area contributed by atoms with Gasteiger partial charge in [-0.15, -0.1) is 0 Å². The van der Waals surface area contributed by atoms with E-state index in [0.717, 1.165) is 5.69 Å². The van der Waals surface area contributed by atoms with Crippen LogP contribution in [0.25, 0.3) is 5.57 Å². The van der Waals surface area contributed by atoms with E-state index in [2.05, 4.69) is 17.2 Å². The molecule has 1 aliphatic heterocycles. The third-order valence-electron chi connectivity index (χ3n) is 4.98. The van der Waals surface area contributed by atoms with E-state index in [9.17, 15) is 19.7 Å². The number of benzene rings is 2. The summed E-state index contributed by atoms with van der Waals surface area (Å²) in [6.07, 6.45) is 0.138. The standard InChI is InChI=1S/C22H22N4O4/c1-13(16-7-5-6-8-18(16)23-2)20-17(21(27)24-22(20)28)11-14-9-10-15(26(29)30)12-19(14)25(3)4/h5-10,12,23H,1,11H2,2-4H3,(H,24,27,28). The molecule has 0 aromatic heterocycles. The van der Waals surface area contributed by atoms with Crippen LogP contribution in [0.1, 0.15) is 11.1 Å². The van der Waals surface area contributed by atoms with Gasteiger partial charge in [-0.05, 0) is 23.3 Å². The lowest BCUT2D eigenvalue weighted by Crippen LogP contribution is -2.23. The molecule has 8 heteroatoms. The molecule has 0 fully saturated rings. The van der Waals surface area contributed by atoms with Gasteiger partial charge in [-0.1, -0.05) is 24.8 Å². The minimum atomic E-state index is -0.501. The van der Waals surface area contributed by atoms with Crippen molar-refractivity contribution < 1.29 is 14.5 Å². The van der Waals surface area contributed by atoms with Crippen LogP contribution in [-0.4, -0.2) is 37.9 Å². The van der Waals surface area contributed by atoms with Crippen molar-refractivity contribution >= 4 is 34.4 Å². The summed E-state index contributed by atoms with van der Waals surface area (Å²) in [4.78, 5) is 37.6. The van der Waals surface area contributed by atoms with Crippen molar-refractivity contribution in [3.63, 3.8) is 0 Å². The predicted molar refractivity (Wildman–Crippen MR) is 116 cm³/mol. The number of carbonyl (C=O) groups excluding carboxylic acids is 2. The number of rotatable bonds is 7. The Labute approximate surface area is 174 Å². The van der Waals surface area contributed by atoms with Gasteiger partial charge in [-0.3, -0.25) is 25.0 Å². The number of hydrogen-bond donors (Lipinski definition) is 2. The predicted octanol–water partition coefficient (Wildman–Crippen LogP) is 2.91. The van der Waals surface area contributed by atoms with Gasteiger partial charge >= 0.3 is 0 Å². The summed E-state index contributed by atoms with van der Waals surface area (Å²) in [6, 6.07) is 11.8. The van der Waals surface area contributed by atoms with Crippen molar-refractivity contribution in [1.82, 2.24) is 5.32 Å². The van der Waals surface area contributed by atoms with Crippen molar-refractivity contribution in [3.05, 3.63) is 81.4 Å². The van der Waals surface area contributed by atoms with Gasteiger partial charge in [0.05, 0.1) is 10.5 Å². The van der Waals surface area contributed by atoms with Crippen LogP contribution < -0.4 is 15.5 Å². The Balaban J connectivity index is 2.10. The van der Waals surface area contributed by atoms with E-state index < -0.39 is 16.7 Å². The lowest BCUT2D eigenvalue weighted by Gasteiger charge is -2.18. The minimum Gasteiger partial charge on any atom is -0.388 e. The second kappa shape index (κ2) is 8.20. The Morgan fingerprint density at radius 1 is 1.17 bits per heavy atom. The zero-order valence-electron chi connectivity index (χ0n) is 17.0. The molecule has 1 heterocycles. The largest absolute Gasteiger partial charge is 0.388 e. The Morgan fingerprint density at radius 3 is 2.50 bits per heavy atom. The van der Waals surface area contributed by atoms with E-state index in [1.807, 2.05) is 24.3 Å². The van der Waals surface area contributed by atoms with E-state index in [1.54, 1.807) is 32.1 Å². The fraction of sp³-hybridized carbons (Fsp3) is 0.182. The Hall–Kier alpha value is -3.94. The van der Waals surface area contributed by atoms with E-state index in [1.165, 1.54) is 12.1 Å². The molecule has 1 aliphatic rings. The summed E-state index contributed by atoms with van der Waals surface area (Å²) >= 11 is 0. The highest BCUT2D eigenvalue weighted by atomic mass is 16.6. The highest BCUT2D eigenvalue weighted by molar-refractivity contribution is 6.26. The molecule has 0 unspecified atom stereocenters. The van der Waals surface area contributed by atoms with Crippen LogP contribution in [0.3, 0.4) is 0 Å². The molecule has 0 spiro atoms. The molecule has 2 aromatic rings. The first kappa shape index (κ1) is 20.8. The lowest BCUT2D eigenvalue weighted by atomic mass is 9.91. The second-order valence-electron chi connectivity index (χ2n) is 7.05. The Bertz CT molecular complexity index is 1100. The molecule has 0 saturated carbocycles. The zero-order valence-corrected chi connectivity index (χ0v) is 17.0. The van der Waals surface area contributed by atoms with Gasteiger partial charge in [0.2, 0.25) is 0 Å². The summed E-state index contributed by atoms with van der Waals surface area (Å²) < 4.78 is 0. The minimum absolute atomic E-state index is 0.0454. The summed E-state index contributed by atoms with van der Waals surface area (Å²) in [5.74, 6) is -0.986. The summed E-state index contributed by atoms with van der Waals surface area (Å²) in [5, 5.41) is 16.5. The molecular formula is C22H22N4O4. The van der Waals surface area contributed by atoms with E-state index >= 15 is 0 Å². The number of para-hydroxylation sites is 1. The van der Waals surface area contributed by atoms with Crippen molar-refractivity contribution in [2.75, 3.05) is 31.4 Å². The molecule has 0 aliphatic carbocycles. The average Bonchev–Trinajstić information content (AvgIpc) is 3.00. The summed E-state index contributed by atoms with van der Waals surface area (Å²) in [6.45, 7) is 4.08. The molecule has 8 nitrogen and oxygen atoms in total. The molecule has 2 aromatic carbocycles. The van der Waals surface area contributed by atoms with Crippen LogP contribution >= 0.6 is 0 Å². The number of non-ortho nitro benzene ring substituents is 1. The second-order valence-corrected chi connectivity index (χ2v) is 7.05. The van der Waals surface area contributed by atoms with Crippen molar-refractivity contribution in [3.8, 4) is 0 Å². The first-order valence-corrected chi connectivity index (χ1v) is 9.24. The van der Waals surface area contributed by atoms with Crippen LogP contribution in [0.4, 0.5) is 17.1 Å². The maximum atomic E-state index is 12.6. The maximum Gasteiger partial charge on any atom is 0.271 e. The first-order chi connectivity index (χ1) is 14.2. The number of amides is 2. The third kappa shape index (κ3) is 3.80. The van der Waals surface area contributed by atoms with Crippen LogP contribution in [-0.2, 0) is 16.0 Å².